The molecule has 1 aromatic rings. The summed E-state index contributed by atoms with van der Waals surface area (Å²) in [4.78, 5) is 0. The molecule has 0 saturated carbocycles. The summed E-state index contributed by atoms with van der Waals surface area (Å²) < 4.78 is 21.1. The topological polar surface area (TPSA) is 162 Å². The van der Waals surface area contributed by atoms with E-state index in [1.807, 2.05) is 0 Å². The van der Waals surface area contributed by atoms with Gasteiger partial charge >= 0.3 is 0 Å². The highest BCUT2D eigenvalue weighted by Crippen LogP contribution is 2.38. The molecule has 2 aliphatic heterocycles. The average Bonchev–Trinajstić information content (AvgIpc) is 2.65. The third kappa shape index (κ3) is 3.31. The molecule has 2 aliphatic rings. The van der Waals surface area contributed by atoms with E-state index in [9.17, 15) is 30.7 Å². The molecule has 7 atom stereocenters. The summed E-state index contributed by atoms with van der Waals surface area (Å²) in [6.07, 6.45) is -10.8. The van der Waals surface area contributed by atoms with Crippen molar-refractivity contribution in [3.05, 3.63) is 18.2 Å². The lowest BCUT2D eigenvalue weighted by Crippen LogP contribution is -2.61. The smallest absolute Gasteiger partial charge is 0.249 e. The number of rotatable bonds is 4. The molecule has 0 amide bonds. The van der Waals surface area contributed by atoms with Crippen LogP contribution in [0, 0.1) is 0 Å². The Bertz CT molecular complexity index is 628. The standard InChI is InChI=1S/C15H21NO10/c1-23-6-2-3-7-8(4-6)24-15(13(21)16(7)22)26-14-12(20)11(19)10(18)9(5-17)25-14/h2-4,9-15,17-22H,5H2,1H3/t9-,10-,11+,12-,13?,14+,15?/m1/s1. The SMILES string of the molecule is COc1ccc2c(c1)OC(O[C@@H]1O[C@H](CO)[C@@H](O)[C@H](O)[C@H]1O)C(O)N2O. The van der Waals surface area contributed by atoms with Crippen LogP contribution in [-0.4, -0.2) is 87.7 Å². The zero-order valence-electron chi connectivity index (χ0n) is 13.7. The molecule has 6 N–H and O–H groups in total. The largest absolute Gasteiger partial charge is 0.497 e. The summed E-state index contributed by atoms with van der Waals surface area (Å²) >= 11 is 0. The van der Waals surface area contributed by atoms with Crippen LogP contribution in [0.4, 0.5) is 5.69 Å². The van der Waals surface area contributed by atoms with E-state index in [0.717, 1.165) is 0 Å². The molecule has 1 saturated heterocycles. The lowest BCUT2D eigenvalue weighted by molar-refractivity contribution is -0.340. The molecule has 3 rings (SSSR count). The van der Waals surface area contributed by atoms with Crippen LogP contribution in [0.25, 0.3) is 0 Å². The predicted molar refractivity (Wildman–Crippen MR) is 82.5 cm³/mol. The van der Waals surface area contributed by atoms with Crippen LogP contribution in [0.2, 0.25) is 0 Å². The summed E-state index contributed by atoms with van der Waals surface area (Å²) in [5.41, 5.74) is 0.159. The number of hydrogen-bond donors (Lipinski definition) is 6. The highest BCUT2D eigenvalue weighted by Gasteiger charge is 2.47. The first-order chi connectivity index (χ1) is 12.4. The van der Waals surface area contributed by atoms with Crippen LogP contribution in [0.1, 0.15) is 0 Å². The van der Waals surface area contributed by atoms with Crippen LogP contribution in [0.5, 0.6) is 11.5 Å². The first-order valence-electron chi connectivity index (χ1n) is 7.84. The molecule has 0 bridgehead atoms. The molecule has 0 aliphatic carbocycles. The molecule has 11 nitrogen and oxygen atoms in total. The van der Waals surface area contributed by atoms with E-state index in [2.05, 4.69) is 0 Å². The number of fused-ring (bicyclic) bond motifs is 1. The van der Waals surface area contributed by atoms with Gasteiger partial charge in [0.1, 0.15) is 35.9 Å². The summed E-state index contributed by atoms with van der Waals surface area (Å²) in [6.45, 7) is -0.634. The number of benzene rings is 1. The first-order valence-corrected chi connectivity index (χ1v) is 7.84. The van der Waals surface area contributed by atoms with Crippen LogP contribution >= 0.6 is 0 Å². The van der Waals surface area contributed by atoms with Gasteiger partial charge in [0.15, 0.2) is 12.0 Å². The Kier molecular flexibility index (Phi) is 5.50. The summed E-state index contributed by atoms with van der Waals surface area (Å²) in [5, 5.41) is 59.5. The molecule has 26 heavy (non-hydrogen) atoms. The predicted octanol–water partition coefficient (Wildman–Crippen LogP) is -2.26. The fraction of sp³-hybridized carbons (Fsp3) is 0.600. The monoisotopic (exact) mass is 375 g/mol. The van der Waals surface area contributed by atoms with Gasteiger partial charge in [-0.15, -0.1) is 0 Å². The average molecular weight is 375 g/mol. The third-order valence-electron chi connectivity index (χ3n) is 4.27. The number of ether oxygens (including phenoxy) is 4. The number of nitrogens with zero attached hydrogens (tertiary/aromatic N) is 1. The van der Waals surface area contributed by atoms with Crippen molar-refractivity contribution in [1.29, 1.82) is 0 Å². The number of anilines is 1. The Labute approximate surface area is 148 Å². The second-order valence-corrected chi connectivity index (χ2v) is 5.91. The van der Waals surface area contributed by atoms with Crippen molar-refractivity contribution in [2.75, 3.05) is 18.8 Å². The zero-order valence-corrected chi connectivity index (χ0v) is 13.7. The van der Waals surface area contributed by atoms with E-state index in [1.54, 1.807) is 6.07 Å². The molecule has 0 spiro atoms. The first kappa shape index (κ1) is 19.1. The van der Waals surface area contributed by atoms with Gasteiger partial charge in [0, 0.05) is 6.07 Å². The summed E-state index contributed by atoms with van der Waals surface area (Å²) in [7, 11) is 1.44. The lowest BCUT2D eigenvalue weighted by Gasteiger charge is -2.43. The Balaban J connectivity index is 1.78. The van der Waals surface area contributed by atoms with Crippen LogP contribution < -0.4 is 14.5 Å². The molecule has 1 fully saturated rings. The molecule has 0 aromatic heterocycles. The molecule has 0 radical (unpaired) electrons. The van der Waals surface area contributed by atoms with Gasteiger partial charge in [-0.05, 0) is 12.1 Å². The Morgan fingerprint density at radius 2 is 1.81 bits per heavy atom. The van der Waals surface area contributed by atoms with Gasteiger partial charge in [0.05, 0.1) is 13.7 Å². The lowest BCUT2D eigenvalue weighted by atomic mass is 9.99. The van der Waals surface area contributed by atoms with Crippen molar-refractivity contribution in [3.8, 4) is 11.5 Å². The van der Waals surface area contributed by atoms with E-state index in [-0.39, 0.29) is 11.4 Å². The molecule has 1 aromatic carbocycles. The summed E-state index contributed by atoms with van der Waals surface area (Å²) in [5.74, 6) is 0.562. The number of aliphatic hydroxyl groups excluding tert-OH is 5. The van der Waals surface area contributed by atoms with Gasteiger partial charge in [-0.25, -0.2) is 5.06 Å². The number of hydroxylamine groups is 1. The van der Waals surface area contributed by atoms with E-state index in [4.69, 9.17) is 18.9 Å². The highest BCUT2D eigenvalue weighted by molar-refractivity contribution is 5.61. The van der Waals surface area contributed by atoms with Crippen molar-refractivity contribution < 1.29 is 49.7 Å². The maximum atomic E-state index is 10.2. The number of aliphatic hydroxyl groups is 5. The van der Waals surface area contributed by atoms with Gasteiger partial charge in [0.2, 0.25) is 12.5 Å². The molecule has 146 valence electrons. The fourth-order valence-corrected chi connectivity index (χ4v) is 2.76. The molecular formula is C15H21NO10. The van der Waals surface area contributed by atoms with Crippen molar-refractivity contribution in [2.24, 2.45) is 0 Å². The quantitative estimate of drug-likeness (QED) is 0.337. The zero-order chi connectivity index (χ0) is 19.0. The minimum Gasteiger partial charge on any atom is -0.497 e. The van der Waals surface area contributed by atoms with Gasteiger partial charge in [-0.2, -0.15) is 0 Å². The van der Waals surface area contributed by atoms with Crippen molar-refractivity contribution in [2.45, 2.75) is 43.2 Å². The highest BCUT2D eigenvalue weighted by atomic mass is 16.8. The second kappa shape index (κ2) is 7.50. The van der Waals surface area contributed by atoms with Crippen LogP contribution in [-0.2, 0) is 9.47 Å². The number of hydrogen-bond acceptors (Lipinski definition) is 11. The molecule has 2 unspecified atom stereocenters. The van der Waals surface area contributed by atoms with Crippen LogP contribution in [0.15, 0.2) is 18.2 Å². The maximum absolute atomic E-state index is 10.2. The van der Waals surface area contributed by atoms with Crippen LogP contribution in [0.3, 0.4) is 0 Å². The second-order valence-electron chi connectivity index (χ2n) is 5.91. The van der Waals surface area contributed by atoms with E-state index < -0.39 is 49.8 Å². The van der Waals surface area contributed by atoms with Gasteiger partial charge < -0.3 is 44.5 Å². The summed E-state index contributed by atoms with van der Waals surface area (Å²) in [6, 6.07) is 4.46. The Morgan fingerprint density at radius 3 is 2.46 bits per heavy atom. The minimum atomic E-state index is -1.68. The molecular weight excluding hydrogens is 354 g/mol. The van der Waals surface area contributed by atoms with E-state index in [1.165, 1.54) is 19.2 Å². The van der Waals surface area contributed by atoms with E-state index in [0.29, 0.717) is 10.8 Å². The van der Waals surface area contributed by atoms with Gasteiger partial charge in [-0.3, -0.25) is 5.21 Å². The maximum Gasteiger partial charge on any atom is 0.249 e. The minimum absolute atomic E-state index is 0.131. The normalized spacial score (nSPS) is 37.0. The molecule has 11 heteroatoms. The Hall–Kier alpha value is -1.70. The van der Waals surface area contributed by atoms with Crippen molar-refractivity contribution >= 4 is 5.69 Å². The van der Waals surface area contributed by atoms with E-state index >= 15 is 0 Å². The van der Waals surface area contributed by atoms with Gasteiger partial charge in [0.25, 0.3) is 0 Å². The number of methoxy groups -OCH3 is 1. The third-order valence-corrected chi connectivity index (χ3v) is 4.27. The van der Waals surface area contributed by atoms with Crippen molar-refractivity contribution in [1.82, 2.24) is 0 Å². The molecule has 2 heterocycles. The van der Waals surface area contributed by atoms with Crippen molar-refractivity contribution in [3.63, 3.8) is 0 Å². The van der Waals surface area contributed by atoms with Gasteiger partial charge in [-0.1, -0.05) is 0 Å². The fourth-order valence-electron chi connectivity index (χ4n) is 2.76. The Morgan fingerprint density at radius 1 is 1.08 bits per heavy atom.